The van der Waals surface area contributed by atoms with E-state index in [-0.39, 0.29) is 11.6 Å². The van der Waals surface area contributed by atoms with E-state index in [1.54, 1.807) is 42.2 Å². The van der Waals surface area contributed by atoms with Crippen LogP contribution in [0.15, 0.2) is 42.6 Å². The summed E-state index contributed by atoms with van der Waals surface area (Å²) in [5, 5.41) is 3.99. The van der Waals surface area contributed by atoms with Crippen LogP contribution < -0.4 is 0 Å². The zero-order valence-electron chi connectivity index (χ0n) is 9.30. The average molecular weight is 230 g/mol. The number of carbonyl (C=O) groups excluding carboxylic acids is 1. The van der Waals surface area contributed by atoms with Crippen LogP contribution >= 0.6 is 0 Å². The number of rotatable bonds is 3. The number of carbonyl (C=O) groups is 1. The Morgan fingerprint density at radius 3 is 2.59 bits per heavy atom. The molecule has 0 aliphatic rings. The Labute approximate surface area is 98.2 Å². The van der Waals surface area contributed by atoms with Crippen molar-refractivity contribution in [1.82, 2.24) is 9.78 Å². The number of aryl methyl sites for hydroxylation is 1. The second-order valence-corrected chi connectivity index (χ2v) is 3.62. The van der Waals surface area contributed by atoms with Crippen LogP contribution in [0.1, 0.15) is 16.1 Å². The highest BCUT2D eigenvalue weighted by atomic mass is 19.1. The Kier molecular flexibility index (Phi) is 3.14. The summed E-state index contributed by atoms with van der Waals surface area (Å²) in [6.45, 7) is 0. The summed E-state index contributed by atoms with van der Waals surface area (Å²) in [6.07, 6.45) is 4.77. The summed E-state index contributed by atoms with van der Waals surface area (Å²) in [7, 11) is 1.75. The molecule has 0 aliphatic heterocycles. The van der Waals surface area contributed by atoms with Gasteiger partial charge in [0.25, 0.3) is 0 Å². The highest BCUT2D eigenvalue weighted by molar-refractivity contribution is 6.05. The normalized spacial score (nSPS) is 10.9. The Morgan fingerprint density at radius 1 is 1.29 bits per heavy atom. The third kappa shape index (κ3) is 2.87. The predicted molar refractivity (Wildman–Crippen MR) is 63.0 cm³/mol. The molecule has 17 heavy (non-hydrogen) atoms. The van der Waals surface area contributed by atoms with E-state index in [1.807, 2.05) is 0 Å². The van der Waals surface area contributed by atoms with Gasteiger partial charge in [0.2, 0.25) is 5.78 Å². The molecule has 1 aromatic carbocycles. The Hall–Kier alpha value is -2.23. The Balaban J connectivity index is 2.10. The third-order valence-corrected chi connectivity index (χ3v) is 2.26. The molecule has 2 aromatic rings. The van der Waals surface area contributed by atoms with E-state index in [0.717, 1.165) is 5.56 Å². The van der Waals surface area contributed by atoms with Crippen molar-refractivity contribution in [1.29, 1.82) is 0 Å². The van der Waals surface area contributed by atoms with E-state index < -0.39 is 0 Å². The smallest absolute Gasteiger partial charge is 0.206 e. The highest BCUT2D eigenvalue weighted by Crippen LogP contribution is 2.06. The van der Waals surface area contributed by atoms with Gasteiger partial charge in [0, 0.05) is 13.2 Å². The molecule has 0 fully saturated rings. The fourth-order valence-corrected chi connectivity index (χ4v) is 1.38. The first-order valence-corrected chi connectivity index (χ1v) is 5.13. The lowest BCUT2D eigenvalue weighted by Gasteiger charge is -1.92. The molecule has 1 heterocycles. The molecule has 86 valence electrons. The van der Waals surface area contributed by atoms with Gasteiger partial charge in [-0.3, -0.25) is 9.48 Å². The molecule has 0 bridgehead atoms. The van der Waals surface area contributed by atoms with Crippen molar-refractivity contribution < 1.29 is 9.18 Å². The van der Waals surface area contributed by atoms with Crippen LogP contribution in [0.4, 0.5) is 4.39 Å². The lowest BCUT2D eigenvalue weighted by Crippen LogP contribution is -1.97. The SMILES string of the molecule is Cn1ccc(C(=O)/C=C/c2ccc(F)cc2)n1. The van der Waals surface area contributed by atoms with Crippen molar-refractivity contribution in [3.8, 4) is 0 Å². The topological polar surface area (TPSA) is 34.9 Å². The van der Waals surface area contributed by atoms with Gasteiger partial charge in [-0.25, -0.2) is 4.39 Å². The first kappa shape index (κ1) is 11.3. The van der Waals surface area contributed by atoms with Crippen molar-refractivity contribution in [3.63, 3.8) is 0 Å². The maximum absolute atomic E-state index is 12.6. The van der Waals surface area contributed by atoms with E-state index in [9.17, 15) is 9.18 Å². The van der Waals surface area contributed by atoms with Crippen LogP contribution in [-0.4, -0.2) is 15.6 Å². The second kappa shape index (κ2) is 4.74. The molecule has 0 N–H and O–H groups in total. The lowest BCUT2D eigenvalue weighted by molar-refractivity contribution is 0.104. The van der Waals surface area contributed by atoms with Gasteiger partial charge in [0.15, 0.2) is 0 Å². The summed E-state index contributed by atoms with van der Waals surface area (Å²) >= 11 is 0. The van der Waals surface area contributed by atoms with E-state index in [2.05, 4.69) is 5.10 Å². The highest BCUT2D eigenvalue weighted by Gasteiger charge is 2.04. The van der Waals surface area contributed by atoms with E-state index in [1.165, 1.54) is 18.2 Å². The van der Waals surface area contributed by atoms with Crippen LogP contribution in [0, 0.1) is 5.82 Å². The molecule has 1 aromatic heterocycles. The van der Waals surface area contributed by atoms with Crippen molar-refractivity contribution >= 4 is 11.9 Å². The third-order valence-electron chi connectivity index (χ3n) is 2.26. The molecule has 0 saturated carbocycles. The number of allylic oxidation sites excluding steroid dienone is 1. The van der Waals surface area contributed by atoms with Gasteiger partial charge in [-0.1, -0.05) is 18.2 Å². The molecular weight excluding hydrogens is 219 g/mol. The summed E-state index contributed by atoms with van der Waals surface area (Å²) in [5.74, 6) is -0.465. The molecule has 0 unspecified atom stereocenters. The van der Waals surface area contributed by atoms with E-state index in [4.69, 9.17) is 0 Å². The largest absolute Gasteiger partial charge is 0.287 e. The molecule has 2 rings (SSSR count). The zero-order chi connectivity index (χ0) is 12.3. The summed E-state index contributed by atoms with van der Waals surface area (Å²) in [6, 6.07) is 7.57. The molecule has 0 aliphatic carbocycles. The summed E-state index contributed by atoms with van der Waals surface area (Å²) in [5.41, 5.74) is 1.17. The second-order valence-electron chi connectivity index (χ2n) is 3.62. The van der Waals surface area contributed by atoms with Crippen molar-refractivity contribution in [2.45, 2.75) is 0 Å². The van der Waals surface area contributed by atoms with Crippen molar-refractivity contribution in [3.05, 3.63) is 59.7 Å². The molecule has 4 heteroatoms. The van der Waals surface area contributed by atoms with Gasteiger partial charge in [0.1, 0.15) is 11.5 Å². The molecule has 0 saturated heterocycles. The molecule has 0 atom stereocenters. The maximum atomic E-state index is 12.6. The van der Waals surface area contributed by atoms with Crippen molar-refractivity contribution in [2.75, 3.05) is 0 Å². The summed E-state index contributed by atoms with van der Waals surface area (Å²) < 4.78 is 14.2. The van der Waals surface area contributed by atoms with Gasteiger partial charge >= 0.3 is 0 Å². The number of hydrogen-bond donors (Lipinski definition) is 0. The number of ketones is 1. The first-order valence-electron chi connectivity index (χ1n) is 5.13. The molecule has 0 radical (unpaired) electrons. The lowest BCUT2D eigenvalue weighted by atomic mass is 10.2. The van der Waals surface area contributed by atoms with Crippen LogP contribution in [0.2, 0.25) is 0 Å². The number of benzene rings is 1. The Morgan fingerprint density at radius 2 is 2.00 bits per heavy atom. The standard InChI is InChI=1S/C13H11FN2O/c1-16-9-8-12(15-16)13(17)7-4-10-2-5-11(14)6-3-10/h2-9H,1H3/b7-4+. The van der Waals surface area contributed by atoms with Crippen molar-refractivity contribution in [2.24, 2.45) is 7.05 Å². The fraction of sp³-hybridized carbons (Fsp3) is 0.0769. The van der Waals surface area contributed by atoms with Gasteiger partial charge < -0.3 is 0 Å². The van der Waals surface area contributed by atoms with Gasteiger partial charge in [-0.2, -0.15) is 5.10 Å². The minimum absolute atomic E-state index is 0.171. The monoisotopic (exact) mass is 230 g/mol. The molecule has 0 spiro atoms. The maximum Gasteiger partial charge on any atom is 0.206 e. The van der Waals surface area contributed by atoms with Gasteiger partial charge in [-0.05, 0) is 29.8 Å². The van der Waals surface area contributed by atoms with Crippen LogP contribution in [-0.2, 0) is 7.05 Å². The predicted octanol–water partition coefficient (Wildman–Crippen LogP) is 2.46. The number of halogens is 1. The average Bonchev–Trinajstić information content (AvgIpc) is 2.75. The molecular formula is C13H11FN2O. The number of nitrogens with zero attached hydrogens (tertiary/aromatic N) is 2. The molecule has 0 amide bonds. The molecule has 3 nitrogen and oxygen atoms in total. The number of hydrogen-bond acceptors (Lipinski definition) is 2. The summed E-state index contributed by atoms with van der Waals surface area (Å²) in [4.78, 5) is 11.7. The quantitative estimate of drug-likeness (QED) is 0.599. The van der Waals surface area contributed by atoms with E-state index in [0.29, 0.717) is 5.69 Å². The first-order chi connectivity index (χ1) is 8.15. The van der Waals surface area contributed by atoms with E-state index >= 15 is 0 Å². The zero-order valence-corrected chi connectivity index (χ0v) is 9.30. The van der Waals surface area contributed by atoms with Crippen LogP contribution in [0.25, 0.3) is 6.08 Å². The Bertz CT molecular complexity index is 555. The minimum atomic E-state index is -0.293. The van der Waals surface area contributed by atoms with Gasteiger partial charge in [-0.15, -0.1) is 0 Å². The van der Waals surface area contributed by atoms with Gasteiger partial charge in [0.05, 0.1) is 0 Å². The van der Waals surface area contributed by atoms with Crippen LogP contribution in [0.5, 0.6) is 0 Å². The minimum Gasteiger partial charge on any atom is -0.287 e. The van der Waals surface area contributed by atoms with Crippen LogP contribution in [0.3, 0.4) is 0 Å². The number of aromatic nitrogens is 2. The fourth-order valence-electron chi connectivity index (χ4n) is 1.38.